The molecule has 2 rings (SSSR count). The third kappa shape index (κ3) is 2.32. The first-order valence-electron chi connectivity index (χ1n) is 6.22. The summed E-state index contributed by atoms with van der Waals surface area (Å²) in [6.07, 6.45) is 1.98. The van der Waals surface area contributed by atoms with Gasteiger partial charge in [-0.25, -0.2) is 4.79 Å². The van der Waals surface area contributed by atoms with E-state index in [0.717, 1.165) is 0 Å². The highest BCUT2D eigenvalue weighted by Gasteiger charge is 2.26. The molecular weight excluding hydrogens is 260 g/mol. The minimum absolute atomic E-state index is 0.268. The van der Waals surface area contributed by atoms with Gasteiger partial charge in [0.1, 0.15) is 17.5 Å². The normalized spacial score (nSPS) is 12.1. The van der Waals surface area contributed by atoms with E-state index in [1.54, 1.807) is 28.8 Å². The molecule has 106 valence electrons. The molecule has 0 aliphatic heterocycles. The molecule has 0 aromatic carbocycles. The second-order valence-electron chi connectivity index (χ2n) is 4.27. The summed E-state index contributed by atoms with van der Waals surface area (Å²) in [5.74, 6) is -0.482. The smallest absolute Gasteiger partial charge is 0.354 e. The van der Waals surface area contributed by atoms with E-state index in [4.69, 9.17) is 14.9 Å². The lowest BCUT2D eigenvalue weighted by Crippen LogP contribution is -2.28. The van der Waals surface area contributed by atoms with Gasteiger partial charge in [-0.3, -0.25) is 4.79 Å². The number of furan rings is 1. The summed E-state index contributed by atoms with van der Waals surface area (Å²) in [7, 11) is 1.29. The number of hydrogen-bond acceptors (Lipinski definition) is 4. The number of carbonyl (C=O) groups excluding carboxylic acids is 2. The lowest BCUT2D eigenvalue weighted by Gasteiger charge is -2.18. The largest absolute Gasteiger partial charge is 0.464 e. The Kier molecular flexibility index (Phi) is 3.93. The van der Waals surface area contributed by atoms with Gasteiger partial charge in [0.05, 0.1) is 19.1 Å². The van der Waals surface area contributed by atoms with E-state index < -0.39 is 17.9 Å². The predicted molar refractivity (Wildman–Crippen MR) is 72.0 cm³/mol. The van der Waals surface area contributed by atoms with Crippen LogP contribution in [0.15, 0.2) is 34.9 Å². The first kappa shape index (κ1) is 13.9. The molecule has 0 radical (unpaired) electrons. The predicted octanol–water partition coefficient (Wildman–Crippen LogP) is 1.97. The maximum atomic E-state index is 11.8. The van der Waals surface area contributed by atoms with Gasteiger partial charge in [-0.1, -0.05) is 6.92 Å². The number of aromatic nitrogens is 1. The van der Waals surface area contributed by atoms with Crippen molar-refractivity contribution in [2.75, 3.05) is 7.11 Å². The van der Waals surface area contributed by atoms with Crippen molar-refractivity contribution >= 4 is 11.9 Å². The maximum absolute atomic E-state index is 11.8. The Labute approximate surface area is 116 Å². The van der Waals surface area contributed by atoms with Crippen LogP contribution in [0.5, 0.6) is 0 Å². The second-order valence-corrected chi connectivity index (χ2v) is 4.27. The van der Waals surface area contributed by atoms with Crippen LogP contribution in [0.4, 0.5) is 0 Å². The number of primary amides is 1. The topological polar surface area (TPSA) is 87.5 Å². The van der Waals surface area contributed by atoms with Crippen molar-refractivity contribution in [1.29, 1.82) is 0 Å². The van der Waals surface area contributed by atoms with Crippen LogP contribution in [-0.2, 0) is 9.53 Å². The summed E-state index contributed by atoms with van der Waals surface area (Å²) in [5.41, 5.74) is 6.31. The van der Waals surface area contributed by atoms with Crippen molar-refractivity contribution in [3.8, 4) is 11.5 Å². The van der Waals surface area contributed by atoms with Gasteiger partial charge in [-0.05, 0) is 30.7 Å². The Morgan fingerprint density at radius 1 is 1.40 bits per heavy atom. The molecule has 0 aliphatic carbocycles. The van der Waals surface area contributed by atoms with Crippen molar-refractivity contribution < 1.29 is 18.7 Å². The van der Waals surface area contributed by atoms with Crippen LogP contribution < -0.4 is 5.73 Å². The third-order valence-corrected chi connectivity index (χ3v) is 3.11. The van der Waals surface area contributed by atoms with Crippen molar-refractivity contribution in [3.63, 3.8) is 0 Å². The number of ether oxygens (including phenoxy) is 1. The molecule has 2 aromatic rings. The molecule has 20 heavy (non-hydrogen) atoms. The Balaban J connectivity index is 2.62. The van der Waals surface area contributed by atoms with E-state index in [1.807, 2.05) is 6.92 Å². The molecule has 0 saturated carbocycles. The van der Waals surface area contributed by atoms with E-state index in [2.05, 4.69) is 0 Å². The van der Waals surface area contributed by atoms with Gasteiger partial charge in [-0.15, -0.1) is 0 Å². The molecule has 6 nitrogen and oxygen atoms in total. The second kappa shape index (κ2) is 5.64. The molecule has 2 N–H and O–H groups in total. The summed E-state index contributed by atoms with van der Waals surface area (Å²) in [6.45, 7) is 1.82. The zero-order valence-electron chi connectivity index (χ0n) is 11.3. The van der Waals surface area contributed by atoms with Crippen LogP contribution in [0.25, 0.3) is 11.5 Å². The van der Waals surface area contributed by atoms with Gasteiger partial charge in [0.2, 0.25) is 5.91 Å². The molecule has 0 saturated heterocycles. The molecule has 1 amide bonds. The van der Waals surface area contributed by atoms with Crippen LogP contribution >= 0.6 is 0 Å². The molecule has 0 bridgehead atoms. The molecule has 0 spiro atoms. The van der Waals surface area contributed by atoms with Gasteiger partial charge in [0.15, 0.2) is 0 Å². The Bertz CT molecular complexity index is 613. The maximum Gasteiger partial charge on any atom is 0.354 e. The third-order valence-electron chi connectivity index (χ3n) is 3.11. The number of methoxy groups -OCH3 is 1. The minimum Gasteiger partial charge on any atom is -0.464 e. The van der Waals surface area contributed by atoms with E-state index in [0.29, 0.717) is 17.9 Å². The van der Waals surface area contributed by atoms with Crippen molar-refractivity contribution in [3.05, 3.63) is 36.2 Å². The molecule has 2 aromatic heterocycles. The van der Waals surface area contributed by atoms with Crippen molar-refractivity contribution in [1.82, 2.24) is 4.57 Å². The number of nitrogens with zero attached hydrogens (tertiary/aromatic N) is 1. The Morgan fingerprint density at radius 3 is 2.65 bits per heavy atom. The molecule has 0 fully saturated rings. The molecule has 1 atom stereocenters. The molecule has 2 heterocycles. The number of rotatable bonds is 5. The minimum atomic E-state index is -0.640. The summed E-state index contributed by atoms with van der Waals surface area (Å²) >= 11 is 0. The summed E-state index contributed by atoms with van der Waals surface area (Å²) in [5, 5.41) is 0. The fraction of sp³-hybridized carbons (Fsp3) is 0.286. The van der Waals surface area contributed by atoms with Gasteiger partial charge in [-0.2, -0.15) is 0 Å². The van der Waals surface area contributed by atoms with Crippen LogP contribution in [0.3, 0.4) is 0 Å². The van der Waals surface area contributed by atoms with Crippen molar-refractivity contribution in [2.45, 2.75) is 19.4 Å². The quantitative estimate of drug-likeness (QED) is 0.846. The van der Waals surface area contributed by atoms with Gasteiger partial charge in [0.25, 0.3) is 0 Å². The molecular formula is C14H16N2O4. The zero-order valence-corrected chi connectivity index (χ0v) is 11.3. The SMILES string of the molecule is CCC(C(N)=O)n1c(C(=O)OC)ccc1-c1ccco1. The van der Waals surface area contributed by atoms with Crippen LogP contribution in [0, 0.1) is 0 Å². The summed E-state index contributed by atoms with van der Waals surface area (Å²) < 4.78 is 11.6. The first-order chi connectivity index (χ1) is 9.60. The molecule has 6 heteroatoms. The average Bonchev–Trinajstić information content (AvgIpc) is 3.06. The Morgan fingerprint density at radius 2 is 2.15 bits per heavy atom. The highest BCUT2D eigenvalue weighted by molar-refractivity contribution is 5.90. The van der Waals surface area contributed by atoms with Gasteiger partial charge >= 0.3 is 5.97 Å². The zero-order chi connectivity index (χ0) is 14.7. The van der Waals surface area contributed by atoms with E-state index in [-0.39, 0.29) is 5.69 Å². The standard InChI is InChI=1S/C14H16N2O4/c1-3-9(13(15)17)16-10(12-5-4-8-20-12)6-7-11(16)14(18)19-2/h4-9H,3H2,1-2H3,(H2,15,17). The Hall–Kier alpha value is -2.50. The number of carbonyl (C=O) groups is 2. The first-order valence-corrected chi connectivity index (χ1v) is 6.22. The monoisotopic (exact) mass is 276 g/mol. The summed E-state index contributed by atoms with van der Waals surface area (Å²) in [6, 6.07) is 6.14. The summed E-state index contributed by atoms with van der Waals surface area (Å²) in [4.78, 5) is 23.5. The van der Waals surface area contributed by atoms with Crippen LogP contribution in [0.2, 0.25) is 0 Å². The number of nitrogens with two attached hydrogens (primary N) is 1. The van der Waals surface area contributed by atoms with Crippen LogP contribution in [-0.4, -0.2) is 23.6 Å². The number of esters is 1. The number of hydrogen-bond donors (Lipinski definition) is 1. The number of amides is 1. The van der Waals surface area contributed by atoms with E-state index in [9.17, 15) is 9.59 Å². The van der Waals surface area contributed by atoms with Crippen molar-refractivity contribution in [2.24, 2.45) is 5.73 Å². The highest BCUT2D eigenvalue weighted by atomic mass is 16.5. The van der Waals surface area contributed by atoms with E-state index >= 15 is 0 Å². The molecule has 1 unspecified atom stereocenters. The van der Waals surface area contributed by atoms with Gasteiger partial charge < -0.3 is 19.5 Å². The molecule has 0 aliphatic rings. The lowest BCUT2D eigenvalue weighted by atomic mass is 10.2. The lowest BCUT2D eigenvalue weighted by molar-refractivity contribution is -0.121. The fourth-order valence-corrected chi connectivity index (χ4v) is 2.19. The van der Waals surface area contributed by atoms with E-state index in [1.165, 1.54) is 13.4 Å². The fourth-order valence-electron chi connectivity index (χ4n) is 2.19. The highest BCUT2D eigenvalue weighted by Crippen LogP contribution is 2.28. The van der Waals surface area contributed by atoms with Gasteiger partial charge in [0, 0.05) is 0 Å². The average molecular weight is 276 g/mol. The van der Waals surface area contributed by atoms with Crippen LogP contribution in [0.1, 0.15) is 29.9 Å².